The van der Waals surface area contributed by atoms with E-state index in [2.05, 4.69) is 0 Å². The average molecular weight is 216 g/mol. The number of rotatable bonds is 1. The minimum Gasteiger partial charge on any atom is -0.508 e. The zero-order valence-corrected chi connectivity index (χ0v) is 8.81. The molecule has 0 aliphatic carbocycles. The summed E-state index contributed by atoms with van der Waals surface area (Å²) in [5.41, 5.74) is 1.60. The largest absolute Gasteiger partial charge is 0.508 e. The van der Waals surface area contributed by atoms with Crippen molar-refractivity contribution in [3.05, 3.63) is 42.0 Å². The summed E-state index contributed by atoms with van der Waals surface area (Å²) in [6.45, 7) is 1.75. The van der Waals surface area contributed by atoms with Gasteiger partial charge in [-0.15, -0.1) is 0 Å². The number of phenols is 3. The second kappa shape index (κ2) is 3.77. The van der Waals surface area contributed by atoms with Crippen LogP contribution in [0.2, 0.25) is 0 Å². The summed E-state index contributed by atoms with van der Waals surface area (Å²) in [4.78, 5) is 0. The molecule has 0 atom stereocenters. The molecule has 0 aliphatic rings. The third-order valence-corrected chi connectivity index (χ3v) is 2.49. The Morgan fingerprint density at radius 2 is 1.69 bits per heavy atom. The zero-order valence-electron chi connectivity index (χ0n) is 8.81. The van der Waals surface area contributed by atoms with Crippen LogP contribution in [0.1, 0.15) is 5.56 Å². The van der Waals surface area contributed by atoms with E-state index in [0.29, 0.717) is 16.7 Å². The first-order chi connectivity index (χ1) is 7.59. The molecule has 82 valence electrons. The lowest BCUT2D eigenvalue weighted by Gasteiger charge is -2.09. The fourth-order valence-corrected chi connectivity index (χ4v) is 1.63. The molecular weight excluding hydrogens is 204 g/mol. The Labute approximate surface area is 93.2 Å². The van der Waals surface area contributed by atoms with Crippen LogP contribution in [0, 0.1) is 6.92 Å². The topological polar surface area (TPSA) is 60.7 Å². The van der Waals surface area contributed by atoms with Gasteiger partial charge in [0.05, 0.1) is 5.56 Å². The smallest absolute Gasteiger partial charge is 0.130 e. The molecule has 0 bridgehead atoms. The van der Waals surface area contributed by atoms with Crippen LogP contribution in [-0.2, 0) is 0 Å². The number of hydrogen-bond acceptors (Lipinski definition) is 3. The predicted octanol–water partition coefficient (Wildman–Crippen LogP) is 2.78. The van der Waals surface area contributed by atoms with Gasteiger partial charge < -0.3 is 15.3 Å². The van der Waals surface area contributed by atoms with Crippen molar-refractivity contribution in [2.45, 2.75) is 6.92 Å². The zero-order chi connectivity index (χ0) is 11.7. The van der Waals surface area contributed by atoms with Gasteiger partial charge in [-0.05, 0) is 36.2 Å². The summed E-state index contributed by atoms with van der Waals surface area (Å²) in [5.74, 6) is 0.122. The van der Waals surface area contributed by atoms with Gasteiger partial charge in [0.1, 0.15) is 17.2 Å². The molecule has 0 radical (unpaired) electrons. The predicted molar refractivity (Wildman–Crippen MR) is 61.6 cm³/mol. The van der Waals surface area contributed by atoms with Crippen LogP contribution in [0.15, 0.2) is 36.4 Å². The van der Waals surface area contributed by atoms with Crippen molar-refractivity contribution < 1.29 is 15.3 Å². The van der Waals surface area contributed by atoms with E-state index < -0.39 is 0 Å². The van der Waals surface area contributed by atoms with Crippen LogP contribution in [0.3, 0.4) is 0 Å². The van der Waals surface area contributed by atoms with Crippen LogP contribution in [0.5, 0.6) is 17.2 Å². The molecule has 16 heavy (non-hydrogen) atoms. The minimum atomic E-state index is -0.00583. The Morgan fingerprint density at radius 3 is 2.38 bits per heavy atom. The molecule has 0 amide bonds. The Hall–Kier alpha value is -2.16. The summed E-state index contributed by atoms with van der Waals surface area (Å²) >= 11 is 0. The summed E-state index contributed by atoms with van der Waals surface area (Å²) in [5, 5.41) is 29.0. The monoisotopic (exact) mass is 216 g/mol. The van der Waals surface area contributed by atoms with Crippen molar-refractivity contribution in [3.8, 4) is 28.4 Å². The maximum absolute atomic E-state index is 9.88. The fraction of sp³-hybridized carbons (Fsp3) is 0.0769. The highest BCUT2D eigenvalue weighted by Crippen LogP contribution is 2.39. The molecule has 3 N–H and O–H groups in total. The highest BCUT2D eigenvalue weighted by atomic mass is 16.3. The quantitative estimate of drug-likeness (QED) is 0.686. The highest BCUT2D eigenvalue weighted by Gasteiger charge is 2.12. The maximum atomic E-state index is 9.88. The second-order valence-corrected chi connectivity index (χ2v) is 3.68. The van der Waals surface area contributed by atoms with Crippen molar-refractivity contribution in [3.63, 3.8) is 0 Å². The molecule has 2 rings (SSSR count). The number of aromatic hydroxyl groups is 3. The van der Waals surface area contributed by atoms with Gasteiger partial charge in [-0.1, -0.05) is 18.2 Å². The van der Waals surface area contributed by atoms with E-state index in [1.807, 2.05) is 0 Å². The van der Waals surface area contributed by atoms with Gasteiger partial charge in [0.25, 0.3) is 0 Å². The van der Waals surface area contributed by atoms with Crippen LogP contribution in [0.25, 0.3) is 11.1 Å². The van der Waals surface area contributed by atoms with Gasteiger partial charge in [-0.3, -0.25) is 0 Å². The summed E-state index contributed by atoms with van der Waals surface area (Å²) in [6, 6.07) is 9.56. The van der Waals surface area contributed by atoms with E-state index in [4.69, 9.17) is 0 Å². The molecular formula is C13H12O3. The van der Waals surface area contributed by atoms with Gasteiger partial charge in [-0.25, -0.2) is 0 Å². The molecule has 0 aromatic heterocycles. The normalized spacial score (nSPS) is 10.3. The minimum absolute atomic E-state index is 0.00583. The second-order valence-electron chi connectivity index (χ2n) is 3.68. The average Bonchev–Trinajstić information content (AvgIpc) is 2.24. The molecule has 0 fully saturated rings. The molecule has 2 aromatic rings. The third kappa shape index (κ3) is 1.67. The lowest BCUT2D eigenvalue weighted by atomic mass is 10.0. The van der Waals surface area contributed by atoms with Crippen LogP contribution < -0.4 is 0 Å². The van der Waals surface area contributed by atoms with E-state index in [1.165, 1.54) is 18.2 Å². The van der Waals surface area contributed by atoms with Crippen molar-refractivity contribution in [1.29, 1.82) is 0 Å². The van der Waals surface area contributed by atoms with Crippen molar-refractivity contribution in [1.82, 2.24) is 0 Å². The Balaban J connectivity index is 2.68. The van der Waals surface area contributed by atoms with E-state index >= 15 is 0 Å². The Bertz CT molecular complexity index is 533. The first-order valence-electron chi connectivity index (χ1n) is 4.90. The van der Waals surface area contributed by atoms with Gasteiger partial charge >= 0.3 is 0 Å². The molecule has 0 unspecified atom stereocenters. The van der Waals surface area contributed by atoms with E-state index in [0.717, 1.165) is 0 Å². The first-order valence-corrected chi connectivity index (χ1v) is 4.90. The molecule has 0 heterocycles. The molecule has 3 nitrogen and oxygen atoms in total. The number of hydrogen-bond donors (Lipinski definition) is 3. The SMILES string of the molecule is Cc1ccc(O)c(-c2cccc(O)c2)c1O. The molecule has 3 heteroatoms. The number of aryl methyl sites for hydroxylation is 1. The summed E-state index contributed by atoms with van der Waals surface area (Å²) in [6.07, 6.45) is 0. The van der Waals surface area contributed by atoms with Crippen LogP contribution >= 0.6 is 0 Å². The highest BCUT2D eigenvalue weighted by molar-refractivity contribution is 5.78. The standard InChI is InChI=1S/C13H12O3/c1-8-5-6-11(15)12(13(8)16)9-3-2-4-10(14)7-9/h2-7,14-16H,1H3. The van der Waals surface area contributed by atoms with Crippen molar-refractivity contribution in [2.24, 2.45) is 0 Å². The van der Waals surface area contributed by atoms with E-state index in [9.17, 15) is 15.3 Å². The summed E-state index contributed by atoms with van der Waals surface area (Å²) in [7, 11) is 0. The van der Waals surface area contributed by atoms with Gasteiger partial charge in [0.15, 0.2) is 0 Å². The van der Waals surface area contributed by atoms with E-state index in [1.54, 1.807) is 25.1 Å². The van der Waals surface area contributed by atoms with Crippen molar-refractivity contribution >= 4 is 0 Å². The van der Waals surface area contributed by atoms with Crippen LogP contribution in [0.4, 0.5) is 0 Å². The maximum Gasteiger partial charge on any atom is 0.130 e. The molecule has 0 saturated carbocycles. The molecule has 0 aliphatic heterocycles. The first kappa shape index (κ1) is 10.4. The van der Waals surface area contributed by atoms with E-state index in [-0.39, 0.29) is 17.2 Å². The lowest BCUT2D eigenvalue weighted by Crippen LogP contribution is -1.83. The Morgan fingerprint density at radius 1 is 0.938 bits per heavy atom. The van der Waals surface area contributed by atoms with Gasteiger partial charge in [0, 0.05) is 0 Å². The molecule has 0 spiro atoms. The Kier molecular flexibility index (Phi) is 2.44. The number of phenolic OH excluding ortho intramolecular Hbond substituents is 3. The summed E-state index contributed by atoms with van der Waals surface area (Å²) < 4.78 is 0. The van der Waals surface area contributed by atoms with Crippen LogP contribution in [-0.4, -0.2) is 15.3 Å². The third-order valence-electron chi connectivity index (χ3n) is 2.49. The van der Waals surface area contributed by atoms with Gasteiger partial charge in [-0.2, -0.15) is 0 Å². The van der Waals surface area contributed by atoms with Crippen molar-refractivity contribution in [2.75, 3.05) is 0 Å². The number of benzene rings is 2. The fourth-order valence-electron chi connectivity index (χ4n) is 1.63. The molecule has 2 aromatic carbocycles. The lowest BCUT2D eigenvalue weighted by molar-refractivity contribution is 0.451. The molecule has 0 saturated heterocycles. The van der Waals surface area contributed by atoms with Gasteiger partial charge in [0.2, 0.25) is 0 Å².